The van der Waals surface area contributed by atoms with Gasteiger partial charge in [0.2, 0.25) is 5.82 Å². The first-order chi connectivity index (χ1) is 14.3. The Morgan fingerprint density at radius 1 is 1.37 bits per heavy atom. The fraction of sp³-hybridized carbons (Fsp3) is 0.450. The fourth-order valence-electron chi connectivity index (χ4n) is 4.16. The minimum Gasteiger partial charge on any atom is -0.343 e. The molecule has 0 radical (unpaired) electrons. The van der Waals surface area contributed by atoms with Gasteiger partial charge >= 0.3 is 11.2 Å². The van der Waals surface area contributed by atoms with Crippen molar-refractivity contribution in [3.8, 4) is 0 Å². The van der Waals surface area contributed by atoms with E-state index < -0.39 is 16.2 Å². The number of nitrogens with zero attached hydrogens (tertiary/aromatic N) is 6. The maximum Gasteiger partial charge on any atom is 0.376 e. The summed E-state index contributed by atoms with van der Waals surface area (Å²) in [6, 6.07) is 4.83. The van der Waals surface area contributed by atoms with E-state index in [2.05, 4.69) is 23.9 Å². The van der Waals surface area contributed by atoms with Gasteiger partial charge in [0.25, 0.3) is 0 Å². The molecule has 0 aromatic carbocycles. The Hall–Kier alpha value is -2.94. The third kappa shape index (κ3) is 3.32. The molecule has 0 spiro atoms. The average Bonchev–Trinajstić information content (AvgIpc) is 3.25. The first-order valence-corrected chi connectivity index (χ1v) is 10.3. The Morgan fingerprint density at radius 2 is 2.13 bits per heavy atom. The second-order valence-electron chi connectivity index (χ2n) is 7.99. The maximum absolute atomic E-state index is 12.9. The standard InChI is InChI=1S/C20H23ClN6O3/c1-12(2)11-26-18(21)16(13(3)23-26)14-7-6-10-24(14)19-17(27(29)30)20(28)25-9-5-4-8-15(25)22-19/h4-5,8-9,12,14H,6-7,10-11H2,1-3H3. The zero-order chi connectivity index (χ0) is 21.6. The molecule has 30 heavy (non-hydrogen) atoms. The van der Waals surface area contributed by atoms with Gasteiger partial charge in [-0.15, -0.1) is 0 Å². The molecule has 1 aliphatic rings. The van der Waals surface area contributed by atoms with Crippen molar-refractivity contribution >= 4 is 28.8 Å². The summed E-state index contributed by atoms with van der Waals surface area (Å²) in [5, 5.41) is 17.0. The summed E-state index contributed by atoms with van der Waals surface area (Å²) in [5.74, 6) is 0.461. The van der Waals surface area contributed by atoms with Gasteiger partial charge in [0.15, 0.2) is 0 Å². The number of halogens is 1. The molecule has 10 heteroatoms. The quantitative estimate of drug-likeness (QED) is 0.451. The smallest absolute Gasteiger partial charge is 0.343 e. The summed E-state index contributed by atoms with van der Waals surface area (Å²) >= 11 is 6.69. The third-order valence-corrected chi connectivity index (χ3v) is 5.78. The normalized spacial score (nSPS) is 16.7. The lowest BCUT2D eigenvalue weighted by Crippen LogP contribution is -2.29. The zero-order valence-electron chi connectivity index (χ0n) is 17.1. The van der Waals surface area contributed by atoms with Crippen molar-refractivity contribution < 1.29 is 4.92 Å². The fourth-order valence-corrected chi connectivity index (χ4v) is 4.53. The molecule has 4 rings (SSSR count). The van der Waals surface area contributed by atoms with Gasteiger partial charge in [-0.1, -0.05) is 31.5 Å². The van der Waals surface area contributed by atoms with Crippen LogP contribution in [0.1, 0.15) is 44.0 Å². The van der Waals surface area contributed by atoms with E-state index in [-0.39, 0.29) is 11.9 Å². The minimum atomic E-state index is -0.690. The van der Waals surface area contributed by atoms with Crippen LogP contribution in [0.5, 0.6) is 0 Å². The number of anilines is 1. The van der Waals surface area contributed by atoms with Crippen molar-refractivity contribution in [2.24, 2.45) is 5.92 Å². The molecule has 1 atom stereocenters. The molecule has 1 aliphatic heterocycles. The van der Waals surface area contributed by atoms with E-state index in [1.807, 2.05) is 11.8 Å². The van der Waals surface area contributed by atoms with Crippen LogP contribution in [-0.2, 0) is 6.54 Å². The van der Waals surface area contributed by atoms with E-state index >= 15 is 0 Å². The molecule has 4 heterocycles. The number of nitro groups is 1. The number of hydrogen-bond acceptors (Lipinski definition) is 6. The van der Waals surface area contributed by atoms with Crippen molar-refractivity contribution in [1.82, 2.24) is 19.2 Å². The Labute approximate surface area is 178 Å². The highest BCUT2D eigenvalue weighted by atomic mass is 35.5. The summed E-state index contributed by atoms with van der Waals surface area (Å²) in [4.78, 5) is 30.4. The number of fused-ring (bicyclic) bond motifs is 1. The molecule has 0 aliphatic carbocycles. The van der Waals surface area contributed by atoms with E-state index in [0.717, 1.165) is 24.1 Å². The Bertz CT molecular complexity index is 1190. The Morgan fingerprint density at radius 3 is 2.83 bits per heavy atom. The topological polar surface area (TPSA) is 98.6 Å². The van der Waals surface area contributed by atoms with E-state index in [4.69, 9.17) is 11.6 Å². The molecule has 9 nitrogen and oxygen atoms in total. The summed E-state index contributed by atoms with van der Waals surface area (Å²) in [5.41, 5.74) is 0.794. The van der Waals surface area contributed by atoms with Crippen LogP contribution < -0.4 is 10.5 Å². The molecule has 0 N–H and O–H groups in total. The Kier molecular flexibility index (Phi) is 5.23. The van der Waals surface area contributed by atoms with Gasteiger partial charge in [-0.25, -0.2) is 4.98 Å². The van der Waals surface area contributed by atoms with Crippen LogP contribution >= 0.6 is 11.6 Å². The number of rotatable bonds is 5. The molecule has 1 fully saturated rings. The second-order valence-corrected chi connectivity index (χ2v) is 8.35. The molecule has 1 saturated heterocycles. The first-order valence-electron chi connectivity index (χ1n) is 9.94. The summed E-state index contributed by atoms with van der Waals surface area (Å²) in [7, 11) is 0. The van der Waals surface area contributed by atoms with Gasteiger partial charge in [0.05, 0.1) is 16.7 Å². The van der Waals surface area contributed by atoms with Crippen LogP contribution in [0.25, 0.3) is 5.65 Å². The molecule has 0 saturated carbocycles. The van der Waals surface area contributed by atoms with Crippen LogP contribution in [-0.4, -0.2) is 30.6 Å². The third-order valence-electron chi connectivity index (χ3n) is 5.38. The van der Waals surface area contributed by atoms with E-state index in [0.29, 0.717) is 29.8 Å². The lowest BCUT2D eigenvalue weighted by atomic mass is 10.1. The number of aryl methyl sites for hydroxylation is 1. The number of hydrogen-bond donors (Lipinski definition) is 0. The van der Waals surface area contributed by atoms with Gasteiger partial charge in [-0.3, -0.25) is 24.0 Å². The molecule has 158 valence electrons. The van der Waals surface area contributed by atoms with Gasteiger partial charge in [-0.05, 0) is 37.8 Å². The predicted octanol–water partition coefficient (Wildman–Crippen LogP) is 3.76. The molecule has 0 bridgehead atoms. The van der Waals surface area contributed by atoms with Crippen molar-refractivity contribution in [3.05, 3.63) is 61.3 Å². The minimum absolute atomic E-state index is 0.0887. The van der Waals surface area contributed by atoms with E-state index in [9.17, 15) is 14.9 Å². The van der Waals surface area contributed by atoms with Crippen LogP contribution in [0.15, 0.2) is 29.2 Å². The molecule has 3 aromatic rings. The van der Waals surface area contributed by atoms with Crippen LogP contribution in [0.2, 0.25) is 5.15 Å². The van der Waals surface area contributed by atoms with Gasteiger partial charge in [0, 0.05) is 24.8 Å². The van der Waals surface area contributed by atoms with Gasteiger partial charge in [-0.2, -0.15) is 5.10 Å². The summed E-state index contributed by atoms with van der Waals surface area (Å²) in [6.07, 6.45) is 3.05. The molecule has 3 aromatic heterocycles. The lowest BCUT2D eigenvalue weighted by molar-refractivity contribution is -0.385. The molecular formula is C20H23ClN6O3. The zero-order valence-corrected chi connectivity index (χ0v) is 17.8. The van der Waals surface area contributed by atoms with Crippen molar-refractivity contribution in [2.45, 2.75) is 46.2 Å². The van der Waals surface area contributed by atoms with Crippen LogP contribution in [0.4, 0.5) is 11.5 Å². The summed E-state index contributed by atoms with van der Waals surface area (Å²) in [6.45, 7) is 7.30. The van der Waals surface area contributed by atoms with Crippen LogP contribution in [0.3, 0.4) is 0 Å². The molecular weight excluding hydrogens is 408 g/mol. The molecule has 1 unspecified atom stereocenters. The largest absolute Gasteiger partial charge is 0.376 e. The lowest BCUT2D eigenvalue weighted by Gasteiger charge is -2.25. The summed E-state index contributed by atoms with van der Waals surface area (Å²) < 4.78 is 2.98. The van der Waals surface area contributed by atoms with Gasteiger partial charge < -0.3 is 4.90 Å². The SMILES string of the molecule is Cc1nn(CC(C)C)c(Cl)c1C1CCCN1c1nc2ccccn2c(=O)c1[N+](=O)[O-]. The highest BCUT2D eigenvalue weighted by Crippen LogP contribution is 2.42. The van der Waals surface area contributed by atoms with Crippen LogP contribution in [0, 0.1) is 23.0 Å². The maximum atomic E-state index is 12.9. The van der Waals surface area contributed by atoms with Crippen molar-refractivity contribution in [1.29, 1.82) is 0 Å². The highest BCUT2D eigenvalue weighted by molar-refractivity contribution is 6.30. The number of pyridine rings is 1. The molecule has 0 amide bonds. The highest BCUT2D eigenvalue weighted by Gasteiger charge is 2.37. The predicted molar refractivity (Wildman–Crippen MR) is 114 cm³/mol. The first kappa shape index (κ1) is 20.3. The average molecular weight is 431 g/mol. The second kappa shape index (κ2) is 7.71. The monoisotopic (exact) mass is 430 g/mol. The van der Waals surface area contributed by atoms with Crippen molar-refractivity contribution in [3.63, 3.8) is 0 Å². The van der Waals surface area contributed by atoms with E-state index in [1.165, 1.54) is 10.6 Å². The Balaban J connectivity index is 1.87. The van der Waals surface area contributed by atoms with Crippen molar-refractivity contribution in [2.75, 3.05) is 11.4 Å². The van der Waals surface area contributed by atoms with Gasteiger partial charge in [0.1, 0.15) is 10.8 Å². The number of aromatic nitrogens is 4. The van der Waals surface area contributed by atoms with E-state index in [1.54, 1.807) is 22.9 Å².